The quantitative estimate of drug-likeness (QED) is 0.842. The number of hydrogen-bond acceptors (Lipinski definition) is 1. The van der Waals surface area contributed by atoms with Gasteiger partial charge in [0.25, 0.3) is 0 Å². The first-order valence-corrected chi connectivity index (χ1v) is 6.83. The Bertz CT molecular complexity index is 570. The van der Waals surface area contributed by atoms with Gasteiger partial charge in [0.2, 0.25) is 0 Å². The molecule has 0 amide bonds. The largest absolute Gasteiger partial charge is 0.376 e. The van der Waals surface area contributed by atoms with Gasteiger partial charge < -0.3 is 11.1 Å². The summed E-state index contributed by atoms with van der Waals surface area (Å²) in [4.78, 5) is 0. The predicted octanol–water partition coefficient (Wildman–Crippen LogP) is 3.78. The smallest absolute Gasteiger partial charge is 0.168 e. The molecule has 0 heterocycles. The molecule has 0 unspecified atom stereocenters. The second kappa shape index (κ2) is 6.55. The summed E-state index contributed by atoms with van der Waals surface area (Å²) in [5.74, 6) is 0. The first-order valence-electron chi connectivity index (χ1n) is 6.04. The van der Waals surface area contributed by atoms with Crippen LogP contribution in [-0.2, 0) is 12.8 Å². The van der Waals surface area contributed by atoms with Crippen LogP contribution in [-0.4, -0.2) is 5.11 Å². The number of nitrogens with one attached hydrogen (secondary N) is 1. The number of aryl methyl sites for hydroxylation is 1. The number of halogens is 1. The van der Waals surface area contributed by atoms with Gasteiger partial charge in [0.15, 0.2) is 5.11 Å². The summed E-state index contributed by atoms with van der Waals surface area (Å²) < 4.78 is 0. The molecule has 0 fully saturated rings. The lowest BCUT2D eigenvalue weighted by molar-refractivity contribution is 0.963. The van der Waals surface area contributed by atoms with Gasteiger partial charge in [-0.1, -0.05) is 48.0 Å². The lowest BCUT2D eigenvalue weighted by Gasteiger charge is -2.12. The second-order valence-electron chi connectivity index (χ2n) is 4.24. The van der Waals surface area contributed by atoms with Gasteiger partial charge in [0, 0.05) is 10.7 Å². The molecule has 2 nitrogen and oxygen atoms in total. The standard InChI is InChI=1S/C15H15ClN2S/c16-13-7-4-8-14(18-15(17)19)12(13)10-9-11-5-2-1-3-6-11/h1-8H,9-10H2,(H3,17,18,19). The van der Waals surface area contributed by atoms with Crippen molar-refractivity contribution >= 4 is 34.6 Å². The van der Waals surface area contributed by atoms with Crippen molar-refractivity contribution in [2.75, 3.05) is 5.32 Å². The zero-order valence-electron chi connectivity index (χ0n) is 10.4. The lowest BCUT2D eigenvalue weighted by atomic mass is 10.0. The van der Waals surface area contributed by atoms with Crippen molar-refractivity contribution in [3.63, 3.8) is 0 Å². The van der Waals surface area contributed by atoms with Crippen molar-refractivity contribution in [1.82, 2.24) is 0 Å². The summed E-state index contributed by atoms with van der Waals surface area (Å²) in [7, 11) is 0. The van der Waals surface area contributed by atoms with E-state index in [-0.39, 0.29) is 5.11 Å². The highest BCUT2D eigenvalue weighted by atomic mass is 35.5. The fraction of sp³-hybridized carbons (Fsp3) is 0.133. The molecule has 2 aromatic carbocycles. The fourth-order valence-electron chi connectivity index (χ4n) is 1.98. The molecule has 0 aliphatic carbocycles. The van der Waals surface area contributed by atoms with Gasteiger partial charge in [0.1, 0.15) is 0 Å². The molecule has 3 N–H and O–H groups in total. The highest BCUT2D eigenvalue weighted by Gasteiger charge is 2.07. The molecular weight excluding hydrogens is 276 g/mol. The maximum atomic E-state index is 6.25. The first-order chi connectivity index (χ1) is 9.16. The minimum atomic E-state index is 0.253. The number of benzene rings is 2. The third-order valence-electron chi connectivity index (χ3n) is 2.88. The summed E-state index contributed by atoms with van der Waals surface area (Å²) in [6.07, 6.45) is 1.77. The summed E-state index contributed by atoms with van der Waals surface area (Å²) in [5.41, 5.74) is 8.74. The average molecular weight is 291 g/mol. The molecule has 2 rings (SSSR count). The van der Waals surface area contributed by atoms with Crippen LogP contribution in [0.5, 0.6) is 0 Å². The van der Waals surface area contributed by atoms with Crippen molar-refractivity contribution in [2.24, 2.45) is 5.73 Å². The average Bonchev–Trinajstić information content (AvgIpc) is 2.38. The van der Waals surface area contributed by atoms with Gasteiger partial charge in [-0.2, -0.15) is 0 Å². The maximum Gasteiger partial charge on any atom is 0.168 e. The Balaban J connectivity index is 2.17. The maximum absolute atomic E-state index is 6.25. The Labute approximate surface area is 123 Å². The van der Waals surface area contributed by atoms with Crippen LogP contribution in [0.2, 0.25) is 5.02 Å². The van der Waals surface area contributed by atoms with E-state index in [4.69, 9.17) is 29.6 Å². The Morgan fingerprint density at radius 1 is 1.05 bits per heavy atom. The molecule has 0 aromatic heterocycles. The third kappa shape index (κ3) is 3.94. The highest BCUT2D eigenvalue weighted by molar-refractivity contribution is 7.80. The molecule has 0 saturated heterocycles. The van der Waals surface area contributed by atoms with E-state index in [2.05, 4.69) is 17.4 Å². The van der Waals surface area contributed by atoms with Crippen molar-refractivity contribution in [1.29, 1.82) is 0 Å². The van der Waals surface area contributed by atoms with Crippen LogP contribution in [0.15, 0.2) is 48.5 Å². The van der Waals surface area contributed by atoms with Gasteiger partial charge >= 0.3 is 0 Å². The number of anilines is 1. The van der Waals surface area contributed by atoms with Gasteiger partial charge in [-0.25, -0.2) is 0 Å². The summed E-state index contributed by atoms with van der Waals surface area (Å²) in [6, 6.07) is 16.0. The van der Waals surface area contributed by atoms with E-state index in [9.17, 15) is 0 Å². The Morgan fingerprint density at radius 3 is 2.47 bits per heavy atom. The summed E-state index contributed by atoms with van der Waals surface area (Å²) in [6.45, 7) is 0. The minimum absolute atomic E-state index is 0.253. The summed E-state index contributed by atoms with van der Waals surface area (Å²) >= 11 is 11.1. The van der Waals surface area contributed by atoms with Crippen LogP contribution in [0.1, 0.15) is 11.1 Å². The van der Waals surface area contributed by atoms with E-state index < -0.39 is 0 Å². The number of rotatable bonds is 4. The van der Waals surface area contributed by atoms with Crippen LogP contribution in [0.25, 0.3) is 0 Å². The van der Waals surface area contributed by atoms with Crippen molar-refractivity contribution in [2.45, 2.75) is 12.8 Å². The van der Waals surface area contributed by atoms with Crippen LogP contribution >= 0.6 is 23.8 Å². The van der Waals surface area contributed by atoms with Crippen LogP contribution in [0.3, 0.4) is 0 Å². The van der Waals surface area contributed by atoms with Crippen molar-refractivity contribution in [3.05, 3.63) is 64.7 Å². The monoisotopic (exact) mass is 290 g/mol. The highest BCUT2D eigenvalue weighted by Crippen LogP contribution is 2.26. The van der Waals surface area contributed by atoms with Gasteiger partial charge in [-0.3, -0.25) is 0 Å². The Morgan fingerprint density at radius 2 is 1.79 bits per heavy atom. The van der Waals surface area contributed by atoms with E-state index in [1.54, 1.807) is 0 Å². The van der Waals surface area contributed by atoms with Crippen molar-refractivity contribution < 1.29 is 0 Å². The van der Waals surface area contributed by atoms with Gasteiger partial charge in [-0.05, 0) is 48.3 Å². The van der Waals surface area contributed by atoms with E-state index in [1.807, 2.05) is 36.4 Å². The molecular formula is C15H15ClN2S. The molecule has 0 aliphatic rings. The predicted molar refractivity (Wildman–Crippen MR) is 85.7 cm³/mol. The normalized spacial score (nSPS) is 10.2. The Hall–Kier alpha value is -1.58. The van der Waals surface area contributed by atoms with Gasteiger partial charge in [-0.15, -0.1) is 0 Å². The molecule has 4 heteroatoms. The van der Waals surface area contributed by atoms with E-state index in [1.165, 1.54) is 5.56 Å². The molecule has 19 heavy (non-hydrogen) atoms. The molecule has 0 aliphatic heterocycles. The molecule has 0 atom stereocenters. The van der Waals surface area contributed by atoms with Gasteiger partial charge in [0.05, 0.1) is 0 Å². The van der Waals surface area contributed by atoms with E-state index in [0.29, 0.717) is 0 Å². The molecule has 2 aromatic rings. The molecule has 0 spiro atoms. The first kappa shape index (κ1) is 13.8. The molecule has 0 bridgehead atoms. The lowest BCUT2D eigenvalue weighted by Crippen LogP contribution is -2.20. The van der Waals surface area contributed by atoms with Crippen LogP contribution in [0, 0.1) is 0 Å². The number of thiocarbonyl (C=S) groups is 1. The molecule has 0 radical (unpaired) electrons. The van der Waals surface area contributed by atoms with Crippen molar-refractivity contribution in [3.8, 4) is 0 Å². The second-order valence-corrected chi connectivity index (χ2v) is 5.09. The number of nitrogens with two attached hydrogens (primary N) is 1. The third-order valence-corrected chi connectivity index (χ3v) is 3.34. The Kier molecular flexibility index (Phi) is 4.77. The minimum Gasteiger partial charge on any atom is -0.376 e. The topological polar surface area (TPSA) is 38.0 Å². The van der Waals surface area contributed by atoms with E-state index >= 15 is 0 Å². The zero-order valence-corrected chi connectivity index (χ0v) is 12.0. The van der Waals surface area contributed by atoms with Crippen LogP contribution < -0.4 is 11.1 Å². The fourth-order valence-corrected chi connectivity index (χ4v) is 2.36. The van der Waals surface area contributed by atoms with Crippen LogP contribution in [0.4, 0.5) is 5.69 Å². The SMILES string of the molecule is NC(=S)Nc1cccc(Cl)c1CCc1ccccc1. The molecule has 98 valence electrons. The number of hydrogen-bond donors (Lipinski definition) is 2. The molecule has 0 saturated carbocycles. The van der Waals surface area contributed by atoms with E-state index in [0.717, 1.165) is 29.1 Å². The summed E-state index contributed by atoms with van der Waals surface area (Å²) in [5, 5.41) is 3.96. The zero-order chi connectivity index (χ0) is 13.7.